The summed E-state index contributed by atoms with van der Waals surface area (Å²) < 4.78 is 0. The largest absolute Gasteiger partial charge is 0.306 e. The molecule has 0 saturated heterocycles. The Kier molecular flexibility index (Phi) is 14.9. The molecule has 0 aromatic carbocycles. The first-order valence-corrected chi connectivity index (χ1v) is 12.4. The maximum atomic E-state index is 2.68. The van der Waals surface area contributed by atoms with Gasteiger partial charge in [0.05, 0.1) is 0 Å². The molecule has 0 aliphatic rings. The first kappa shape index (κ1) is 27.0. The van der Waals surface area contributed by atoms with Crippen LogP contribution in [0.5, 0.6) is 0 Å². The maximum absolute atomic E-state index is 2.68. The van der Waals surface area contributed by atoms with E-state index >= 15 is 0 Å². The van der Waals surface area contributed by atoms with Crippen molar-refractivity contribution in [2.45, 2.75) is 107 Å². The molecule has 5 unspecified atom stereocenters. The van der Waals surface area contributed by atoms with Crippen LogP contribution in [0.25, 0.3) is 0 Å². The van der Waals surface area contributed by atoms with Crippen molar-refractivity contribution in [3.8, 4) is 0 Å². The summed E-state index contributed by atoms with van der Waals surface area (Å²) in [6.45, 7) is 24.3. The van der Waals surface area contributed by atoms with Crippen LogP contribution in [0.4, 0.5) is 0 Å². The van der Waals surface area contributed by atoms with Gasteiger partial charge >= 0.3 is 0 Å². The number of nitrogens with zero attached hydrogens (tertiary/aromatic N) is 1. The highest BCUT2D eigenvalue weighted by molar-refractivity contribution is 4.80. The monoisotopic (exact) mass is 381 g/mol. The van der Waals surface area contributed by atoms with Gasteiger partial charge in [-0.1, -0.05) is 101 Å². The smallest absolute Gasteiger partial charge is 0.000957 e. The second-order valence-electron chi connectivity index (χ2n) is 10.4. The summed E-state index contributed by atoms with van der Waals surface area (Å²) in [5.41, 5.74) is 0. The van der Waals surface area contributed by atoms with Crippen LogP contribution >= 0.6 is 0 Å². The number of hydrogen-bond acceptors (Lipinski definition) is 1. The van der Waals surface area contributed by atoms with Gasteiger partial charge in [-0.15, -0.1) is 0 Å². The van der Waals surface area contributed by atoms with Crippen molar-refractivity contribution in [2.75, 3.05) is 20.1 Å². The molecule has 0 aliphatic heterocycles. The molecule has 164 valence electrons. The van der Waals surface area contributed by atoms with E-state index in [4.69, 9.17) is 0 Å². The minimum atomic E-state index is 0.796. The molecule has 0 radical (unpaired) electrons. The molecule has 0 spiro atoms. The van der Waals surface area contributed by atoms with Crippen molar-refractivity contribution in [2.24, 2.45) is 41.4 Å². The van der Waals surface area contributed by atoms with Gasteiger partial charge in [-0.3, -0.25) is 0 Å². The predicted molar refractivity (Wildman–Crippen MR) is 125 cm³/mol. The van der Waals surface area contributed by atoms with E-state index in [1.54, 1.807) is 0 Å². The van der Waals surface area contributed by atoms with Crippen LogP contribution in [0.1, 0.15) is 107 Å². The second-order valence-corrected chi connectivity index (χ2v) is 10.4. The highest BCUT2D eigenvalue weighted by Crippen LogP contribution is 2.35. The van der Waals surface area contributed by atoms with Gasteiger partial charge in [0.25, 0.3) is 0 Å². The highest BCUT2D eigenvalue weighted by Gasteiger charge is 2.29. The van der Waals surface area contributed by atoms with Gasteiger partial charge in [-0.2, -0.15) is 0 Å². The molecule has 1 heteroatoms. The van der Waals surface area contributed by atoms with Gasteiger partial charge in [0, 0.05) is 13.1 Å². The Balaban J connectivity index is 5.03. The molecular formula is C26H55N. The lowest BCUT2D eigenvalue weighted by molar-refractivity contribution is 0.118. The quantitative estimate of drug-likeness (QED) is 0.261. The molecule has 0 fully saturated rings. The maximum Gasteiger partial charge on any atom is 0.000957 e. The Labute approximate surface area is 174 Å². The van der Waals surface area contributed by atoms with E-state index in [1.807, 2.05) is 0 Å². The molecule has 27 heavy (non-hydrogen) atoms. The molecule has 0 aromatic heterocycles. The van der Waals surface area contributed by atoms with Crippen molar-refractivity contribution in [3.05, 3.63) is 0 Å². The highest BCUT2D eigenvalue weighted by atomic mass is 15.1. The van der Waals surface area contributed by atoms with E-state index < -0.39 is 0 Å². The number of unbranched alkanes of at least 4 members (excludes halogenated alkanes) is 1. The van der Waals surface area contributed by atoms with Crippen LogP contribution in [-0.4, -0.2) is 25.0 Å². The zero-order chi connectivity index (χ0) is 21.0. The first-order valence-electron chi connectivity index (χ1n) is 12.4. The predicted octanol–water partition coefficient (Wildman–Crippen LogP) is 8.14. The summed E-state index contributed by atoms with van der Waals surface area (Å²) in [5.74, 6) is 5.86. The van der Waals surface area contributed by atoms with E-state index in [0.29, 0.717) is 0 Å². The lowest BCUT2D eigenvalue weighted by atomic mass is 9.73. The standard InChI is InChI=1S/C26H55N/c1-11-14-16-22(7)24(9)18-27(10)19-25(17-23(8)20(4)5)26(15-12-2)21(6)13-3/h20-26H,11-19H2,1-10H3/t21?,22?,23-,24?,25?,26?/m0/s1. The summed E-state index contributed by atoms with van der Waals surface area (Å²) in [6, 6.07) is 0. The Morgan fingerprint density at radius 1 is 0.667 bits per heavy atom. The summed E-state index contributed by atoms with van der Waals surface area (Å²) in [6.07, 6.45) is 9.56. The van der Waals surface area contributed by atoms with Crippen molar-refractivity contribution in [3.63, 3.8) is 0 Å². The zero-order valence-electron chi connectivity index (χ0n) is 20.9. The van der Waals surface area contributed by atoms with Crippen LogP contribution in [0, 0.1) is 41.4 Å². The van der Waals surface area contributed by atoms with Crippen molar-refractivity contribution >= 4 is 0 Å². The average molecular weight is 382 g/mol. The number of hydrogen-bond donors (Lipinski definition) is 0. The Hall–Kier alpha value is -0.0400. The summed E-state index contributed by atoms with van der Waals surface area (Å²) in [7, 11) is 2.38. The molecule has 0 heterocycles. The van der Waals surface area contributed by atoms with Gasteiger partial charge in [-0.05, 0) is 54.9 Å². The third-order valence-corrected chi connectivity index (χ3v) is 7.55. The van der Waals surface area contributed by atoms with E-state index in [0.717, 1.165) is 41.4 Å². The summed E-state index contributed by atoms with van der Waals surface area (Å²) >= 11 is 0. The fraction of sp³-hybridized carbons (Fsp3) is 1.00. The van der Waals surface area contributed by atoms with Crippen LogP contribution in [0.15, 0.2) is 0 Å². The van der Waals surface area contributed by atoms with Crippen LogP contribution < -0.4 is 0 Å². The molecular weight excluding hydrogens is 326 g/mol. The van der Waals surface area contributed by atoms with E-state index in [2.05, 4.69) is 74.3 Å². The molecule has 0 amide bonds. The average Bonchev–Trinajstić information content (AvgIpc) is 2.62. The van der Waals surface area contributed by atoms with Gasteiger partial charge in [0.1, 0.15) is 0 Å². The SMILES string of the molecule is CCCCC(C)C(C)CN(C)CC(C[C@H](C)C(C)C)C(CCC)C(C)CC. The Bertz CT molecular complexity index is 337. The molecule has 0 N–H and O–H groups in total. The fourth-order valence-electron chi connectivity index (χ4n) is 4.71. The minimum Gasteiger partial charge on any atom is -0.306 e. The summed E-state index contributed by atoms with van der Waals surface area (Å²) in [5, 5.41) is 0. The van der Waals surface area contributed by atoms with E-state index in [9.17, 15) is 0 Å². The van der Waals surface area contributed by atoms with Gasteiger partial charge in [0.2, 0.25) is 0 Å². The molecule has 1 nitrogen and oxygen atoms in total. The molecule has 0 rings (SSSR count). The van der Waals surface area contributed by atoms with E-state index in [1.165, 1.54) is 58.0 Å². The van der Waals surface area contributed by atoms with Gasteiger partial charge < -0.3 is 4.90 Å². The van der Waals surface area contributed by atoms with Crippen molar-refractivity contribution in [1.29, 1.82) is 0 Å². The lowest BCUT2D eigenvalue weighted by Crippen LogP contribution is -2.37. The van der Waals surface area contributed by atoms with E-state index in [-0.39, 0.29) is 0 Å². The number of rotatable bonds is 16. The fourth-order valence-corrected chi connectivity index (χ4v) is 4.71. The zero-order valence-corrected chi connectivity index (χ0v) is 20.9. The topological polar surface area (TPSA) is 3.24 Å². The third kappa shape index (κ3) is 10.9. The molecule has 0 aromatic rings. The molecule has 0 aliphatic carbocycles. The minimum absolute atomic E-state index is 0.796. The molecule has 0 saturated carbocycles. The Morgan fingerprint density at radius 3 is 1.78 bits per heavy atom. The van der Waals surface area contributed by atoms with Crippen LogP contribution in [-0.2, 0) is 0 Å². The van der Waals surface area contributed by atoms with Gasteiger partial charge in [0.15, 0.2) is 0 Å². The Morgan fingerprint density at radius 2 is 1.30 bits per heavy atom. The normalized spacial score (nSPS) is 19.1. The van der Waals surface area contributed by atoms with Crippen LogP contribution in [0.2, 0.25) is 0 Å². The second kappa shape index (κ2) is 14.9. The third-order valence-electron chi connectivity index (χ3n) is 7.55. The van der Waals surface area contributed by atoms with Crippen molar-refractivity contribution in [1.82, 2.24) is 4.90 Å². The van der Waals surface area contributed by atoms with Crippen LogP contribution in [0.3, 0.4) is 0 Å². The first-order chi connectivity index (χ1) is 12.7. The molecule has 0 bridgehead atoms. The van der Waals surface area contributed by atoms with Crippen molar-refractivity contribution < 1.29 is 0 Å². The van der Waals surface area contributed by atoms with Gasteiger partial charge in [-0.25, -0.2) is 0 Å². The molecule has 6 atom stereocenters. The summed E-state index contributed by atoms with van der Waals surface area (Å²) in [4.78, 5) is 2.68. The lowest BCUT2D eigenvalue weighted by Gasteiger charge is -2.37.